The van der Waals surface area contributed by atoms with Gasteiger partial charge in [-0.15, -0.1) is 0 Å². The van der Waals surface area contributed by atoms with Gasteiger partial charge >= 0.3 is 0 Å². The van der Waals surface area contributed by atoms with E-state index in [0.717, 1.165) is 16.8 Å². The van der Waals surface area contributed by atoms with Crippen molar-refractivity contribution in [3.8, 4) is 0 Å². The van der Waals surface area contributed by atoms with Gasteiger partial charge < -0.3 is 9.80 Å². The topological polar surface area (TPSA) is 40.6 Å². The van der Waals surface area contributed by atoms with Crippen molar-refractivity contribution >= 4 is 29.1 Å². The third-order valence-electron chi connectivity index (χ3n) is 4.58. The molecule has 1 unspecified atom stereocenters. The molecule has 1 saturated heterocycles. The predicted octanol–water partition coefficient (Wildman–Crippen LogP) is 3.66. The number of amides is 2. The second-order valence-corrected chi connectivity index (χ2v) is 6.95. The van der Waals surface area contributed by atoms with Crippen LogP contribution < -0.4 is 4.90 Å². The summed E-state index contributed by atoms with van der Waals surface area (Å²) in [6.45, 7) is 2.88. The quantitative estimate of drug-likeness (QED) is 0.838. The fourth-order valence-corrected chi connectivity index (χ4v) is 3.39. The lowest BCUT2D eigenvalue weighted by Crippen LogP contribution is -2.34. The van der Waals surface area contributed by atoms with Crippen LogP contribution in [0.15, 0.2) is 48.5 Å². The van der Waals surface area contributed by atoms with Gasteiger partial charge in [-0.25, -0.2) is 0 Å². The lowest BCUT2D eigenvalue weighted by atomic mass is 10.1. The van der Waals surface area contributed by atoms with E-state index in [4.69, 9.17) is 11.6 Å². The van der Waals surface area contributed by atoms with Crippen LogP contribution >= 0.6 is 11.6 Å². The number of carbonyl (C=O) groups is 2. The molecule has 0 saturated carbocycles. The lowest BCUT2D eigenvalue weighted by molar-refractivity contribution is -0.135. The van der Waals surface area contributed by atoms with E-state index in [1.807, 2.05) is 43.3 Å². The molecule has 1 aliphatic rings. The molecule has 4 nitrogen and oxygen atoms in total. The largest absolute Gasteiger partial charge is 0.341 e. The van der Waals surface area contributed by atoms with E-state index in [2.05, 4.69) is 0 Å². The van der Waals surface area contributed by atoms with Crippen LogP contribution in [0.4, 0.5) is 5.69 Å². The number of anilines is 1. The van der Waals surface area contributed by atoms with Crippen molar-refractivity contribution in [2.24, 2.45) is 5.92 Å². The smallest absolute Gasteiger partial charge is 0.228 e. The Morgan fingerprint density at radius 2 is 1.96 bits per heavy atom. The fraction of sp³-hybridized carbons (Fsp3) is 0.300. The molecule has 3 rings (SSSR count). The van der Waals surface area contributed by atoms with Gasteiger partial charge in [-0.2, -0.15) is 0 Å². The summed E-state index contributed by atoms with van der Waals surface area (Å²) < 4.78 is 0. The summed E-state index contributed by atoms with van der Waals surface area (Å²) in [4.78, 5) is 28.6. The number of halogens is 1. The molecule has 2 aromatic rings. The number of rotatable bonds is 4. The average Bonchev–Trinajstić information content (AvgIpc) is 2.98. The van der Waals surface area contributed by atoms with Gasteiger partial charge in [-0.3, -0.25) is 9.59 Å². The number of benzene rings is 2. The molecule has 1 heterocycles. The Morgan fingerprint density at radius 3 is 2.68 bits per heavy atom. The number of aryl methyl sites for hydroxylation is 1. The molecule has 5 heteroatoms. The minimum Gasteiger partial charge on any atom is -0.341 e. The van der Waals surface area contributed by atoms with Crippen LogP contribution in [0, 0.1) is 12.8 Å². The summed E-state index contributed by atoms with van der Waals surface area (Å²) in [6, 6.07) is 15.3. The second-order valence-electron chi connectivity index (χ2n) is 6.52. The van der Waals surface area contributed by atoms with Crippen LogP contribution in [0.2, 0.25) is 5.02 Å². The Kier molecular flexibility index (Phi) is 5.09. The highest BCUT2D eigenvalue weighted by Gasteiger charge is 2.37. The maximum atomic E-state index is 12.7. The van der Waals surface area contributed by atoms with Crippen molar-refractivity contribution in [2.75, 3.05) is 18.5 Å². The Hall–Kier alpha value is -2.33. The molecule has 0 aromatic heterocycles. The van der Waals surface area contributed by atoms with Crippen molar-refractivity contribution in [1.29, 1.82) is 0 Å². The molecule has 2 amide bonds. The normalized spacial score (nSPS) is 17.0. The van der Waals surface area contributed by atoms with Crippen LogP contribution in [0.5, 0.6) is 0 Å². The monoisotopic (exact) mass is 356 g/mol. The number of hydrogen-bond acceptors (Lipinski definition) is 2. The first-order chi connectivity index (χ1) is 12.0. The SMILES string of the molecule is Cc1ccc(Cl)cc1N1CC(C(=O)N(C)Cc2ccccc2)CC1=O. The molecule has 1 atom stereocenters. The zero-order chi connectivity index (χ0) is 18.0. The Labute approximate surface area is 153 Å². The van der Waals surface area contributed by atoms with Crippen molar-refractivity contribution in [3.05, 3.63) is 64.7 Å². The molecule has 25 heavy (non-hydrogen) atoms. The molecular weight excluding hydrogens is 336 g/mol. The van der Waals surface area contributed by atoms with Crippen molar-refractivity contribution in [2.45, 2.75) is 19.9 Å². The Balaban J connectivity index is 1.71. The van der Waals surface area contributed by atoms with Crippen molar-refractivity contribution < 1.29 is 9.59 Å². The third kappa shape index (κ3) is 3.85. The number of nitrogens with zero attached hydrogens (tertiary/aromatic N) is 2. The molecule has 0 bridgehead atoms. The first-order valence-corrected chi connectivity index (χ1v) is 8.69. The van der Waals surface area contributed by atoms with Crippen LogP contribution in [-0.4, -0.2) is 30.3 Å². The van der Waals surface area contributed by atoms with E-state index >= 15 is 0 Å². The molecule has 0 radical (unpaired) electrons. The maximum absolute atomic E-state index is 12.7. The first-order valence-electron chi connectivity index (χ1n) is 8.31. The molecule has 0 spiro atoms. The number of hydrogen-bond donors (Lipinski definition) is 0. The summed E-state index contributed by atoms with van der Waals surface area (Å²) >= 11 is 6.07. The van der Waals surface area contributed by atoms with E-state index in [1.54, 1.807) is 29.0 Å². The van der Waals surface area contributed by atoms with Crippen LogP contribution in [0.1, 0.15) is 17.5 Å². The van der Waals surface area contributed by atoms with Gasteiger partial charge in [0.15, 0.2) is 0 Å². The minimum absolute atomic E-state index is 0.000570. The van der Waals surface area contributed by atoms with Gasteiger partial charge in [0.05, 0.1) is 5.92 Å². The molecule has 0 N–H and O–H groups in total. The van der Waals surface area contributed by atoms with Gasteiger partial charge in [-0.05, 0) is 30.2 Å². The first kappa shape index (κ1) is 17.5. The summed E-state index contributed by atoms with van der Waals surface area (Å²) in [5.74, 6) is -0.351. The van der Waals surface area contributed by atoms with E-state index < -0.39 is 0 Å². The maximum Gasteiger partial charge on any atom is 0.228 e. The van der Waals surface area contributed by atoms with Crippen LogP contribution in [0.25, 0.3) is 0 Å². The summed E-state index contributed by atoms with van der Waals surface area (Å²) in [5, 5.41) is 0.587. The van der Waals surface area contributed by atoms with Crippen molar-refractivity contribution in [1.82, 2.24) is 4.90 Å². The van der Waals surface area contributed by atoms with Gasteiger partial charge in [-0.1, -0.05) is 48.0 Å². The lowest BCUT2D eigenvalue weighted by Gasteiger charge is -2.22. The van der Waals surface area contributed by atoms with E-state index in [-0.39, 0.29) is 24.2 Å². The van der Waals surface area contributed by atoms with E-state index in [0.29, 0.717) is 18.1 Å². The Morgan fingerprint density at radius 1 is 1.24 bits per heavy atom. The van der Waals surface area contributed by atoms with E-state index in [1.165, 1.54) is 0 Å². The molecule has 0 aliphatic carbocycles. The zero-order valence-corrected chi connectivity index (χ0v) is 15.2. The number of carbonyl (C=O) groups excluding carboxylic acids is 2. The van der Waals surface area contributed by atoms with Gasteiger partial charge in [0.1, 0.15) is 0 Å². The van der Waals surface area contributed by atoms with Crippen molar-refractivity contribution in [3.63, 3.8) is 0 Å². The fourth-order valence-electron chi connectivity index (χ4n) is 3.23. The molecule has 2 aromatic carbocycles. The third-order valence-corrected chi connectivity index (χ3v) is 4.81. The Bertz CT molecular complexity index is 792. The predicted molar refractivity (Wildman–Crippen MR) is 99.6 cm³/mol. The summed E-state index contributed by atoms with van der Waals surface area (Å²) in [7, 11) is 1.78. The van der Waals surface area contributed by atoms with Crippen LogP contribution in [-0.2, 0) is 16.1 Å². The highest BCUT2D eigenvalue weighted by atomic mass is 35.5. The minimum atomic E-state index is -0.320. The van der Waals surface area contributed by atoms with Gasteiger partial charge in [0.25, 0.3) is 0 Å². The highest BCUT2D eigenvalue weighted by molar-refractivity contribution is 6.31. The summed E-state index contributed by atoms with van der Waals surface area (Å²) in [6.07, 6.45) is 0.240. The standard InChI is InChI=1S/C20H21ClN2O2/c1-14-8-9-17(21)11-18(14)23-13-16(10-19(23)24)20(25)22(2)12-15-6-4-3-5-7-15/h3-9,11,16H,10,12-13H2,1-2H3. The van der Waals surface area contributed by atoms with Crippen LogP contribution in [0.3, 0.4) is 0 Å². The highest BCUT2D eigenvalue weighted by Crippen LogP contribution is 2.31. The molecule has 1 aliphatic heterocycles. The van der Waals surface area contributed by atoms with Gasteiger partial charge in [0, 0.05) is 37.3 Å². The second kappa shape index (κ2) is 7.28. The summed E-state index contributed by atoms with van der Waals surface area (Å²) in [5.41, 5.74) is 2.84. The molecular formula is C20H21ClN2O2. The van der Waals surface area contributed by atoms with E-state index in [9.17, 15) is 9.59 Å². The molecule has 1 fully saturated rings. The van der Waals surface area contributed by atoms with Gasteiger partial charge in [0.2, 0.25) is 11.8 Å². The average molecular weight is 357 g/mol. The molecule has 130 valence electrons. The zero-order valence-electron chi connectivity index (χ0n) is 14.4.